The van der Waals surface area contributed by atoms with Gasteiger partial charge in [0.25, 0.3) is 0 Å². The van der Waals surface area contributed by atoms with Crippen LogP contribution in [-0.4, -0.2) is 79.1 Å². The van der Waals surface area contributed by atoms with E-state index >= 15 is 0 Å². The lowest BCUT2D eigenvalue weighted by atomic mass is 9.98. The van der Waals surface area contributed by atoms with Crippen molar-refractivity contribution in [2.75, 3.05) is 39.3 Å². The molecule has 3 saturated heterocycles. The van der Waals surface area contributed by atoms with Gasteiger partial charge in [-0.25, -0.2) is 29.9 Å². The molecule has 0 atom stereocenters. The fourth-order valence-electron chi connectivity index (χ4n) is 6.36. The molecule has 0 saturated carbocycles. The Morgan fingerprint density at radius 1 is 0.600 bits per heavy atom. The summed E-state index contributed by atoms with van der Waals surface area (Å²) >= 11 is 1.86. The highest BCUT2D eigenvalue weighted by atomic mass is 32.1. The van der Waals surface area contributed by atoms with Crippen LogP contribution in [0.25, 0.3) is 32.5 Å². The summed E-state index contributed by atoms with van der Waals surface area (Å²) in [5, 5.41) is 11.4. The molecule has 234 valence electrons. The summed E-state index contributed by atoms with van der Waals surface area (Å²) in [5.74, 6) is 3.96. The first-order valence-electron chi connectivity index (χ1n) is 16.2. The number of aromatic nitrogens is 8. The number of aromatic amines is 2. The Kier molecular flexibility index (Phi) is 9.62. The Hall–Kier alpha value is -3.84. The number of hydrogen-bond donors (Lipinski definition) is 5. The van der Waals surface area contributed by atoms with Crippen LogP contribution in [0.1, 0.15) is 72.9 Å². The van der Waals surface area contributed by atoms with E-state index in [-0.39, 0.29) is 0 Å². The monoisotopic (exact) mass is 623 g/mol. The third kappa shape index (κ3) is 7.36. The van der Waals surface area contributed by atoms with Gasteiger partial charge in [-0.2, -0.15) is 0 Å². The van der Waals surface area contributed by atoms with Gasteiger partial charge in [-0.05, 0) is 102 Å². The number of hydrogen-bond acceptors (Lipinski definition) is 10. The number of nitrogens with one attached hydrogen (secondary N) is 5. The molecule has 3 fully saturated rings. The third-order valence-electron chi connectivity index (χ3n) is 8.91. The van der Waals surface area contributed by atoms with Gasteiger partial charge in [0.1, 0.15) is 23.5 Å². The summed E-state index contributed by atoms with van der Waals surface area (Å²) < 4.78 is 1.33. The first kappa shape index (κ1) is 29.8. The molecule has 11 nitrogen and oxygen atoms in total. The van der Waals surface area contributed by atoms with Crippen molar-refractivity contribution < 1.29 is 0 Å². The van der Waals surface area contributed by atoms with E-state index in [9.17, 15) is 0 Å². The molecular weight excluding hydrogens is 583 g/mol. The van der Waals surface area contributed by atoms with Crippen molar-refractivity contribution in [1.82, 2.24) is 55.8 Å². The highest BCUT2D eigenvalue weighted by molar-refractivity contribution is 7.18. The highest BCUT2D eigenvalue weighted by Gasteiger charge is 2.20. The quantitative estimate of drug-likeness (QED) is 0.184. The molecule has 6 aromatic rings. The Morgan fingerprint density at radius 2 is 1.20 bits per heavy atom. The Labute approximate surface area is 266 Å². The third-order valence-corrected chi connectivity index (χ3v) is 10.1. The second kappa shape index (κ2) is 14.5. The van der Waals surface area contributed by atoms with E-state index in [1.165, 1.54) is 41.7 Å². The molecule has 8 heterocycles. The largest absolute Gasteiger partial charge is 0.340 e. The van der Waals surface area contributed by atoms with Crippen molar-refractivity contribution in [1.29, 1.82) is 0 Å². The molecule has 1 aromatic carbocycles. The van der Waals surface area contributed by atoms with Gasteiger partial charge in [-0.15, -0.1) is 11.3 Å². The van der Waals surface area contributed by atoms with Crippen molar-refractivity contribution in [2.45, 2.75) is 56.3 Å². The standard InChI is InChI=1S/C12H14N2S.C11H14N4.C10H13N5/c1-2-4-11-10(3-1)14-12(15-11)9-5-7-13-8-6-9;1-2-9-11(13-5-1)15-10(14-9)8-3-6-12-7-4-8;1-3-11-4-2-7(1)9-14-8-5-12-6-13-10(8)15-9/h1-4,9,13H,5-8H2;1-2,5,8,12H,3-4,6-7H2,(H,13,14,15);5-7,11H,1-4H2,(H,12,13,14,15). The molecule has 0 spiro atoms. The first-order valence-corrected chi connectivity index (χ1v) is 17.1. The molecular formula is C33H41N11S. The summed E-state index contributed by atoms with van der Waals surface area (Å²) in [6.45, 7) is 6.62. The second-order valence-corrected chi connectivity index (χ2v) is 13.0. The lowest BCUT2D eigenvalue weighted by Crippen LogP contribution is -2.27. The van der Waals surface area contributed by atoms with Gasteiger partial charge >= 0.3 is 0 Å². The molecule has 0 unspecified atom stereocenters. The number of fused-ring (bicyclic) bond motifs is 3. The molecule has 0 radical (unpaired) electrons. The van der Waals surface area contributed by atoms with E-state index in [1.54, 1.807) is 12.4 Å². The summed E-state index contributed by atoms with van der Waals surface area (Å²) in [5.41, 5.74) is 4.76. The minimum Gasteiger partial charge on any atom is -0.340 e. The van der Waals surface area contributed by atoms with Crippen LogP contribution < -0.4 is 16.0 Å². The SMILES string of the molecule is c1ccc2sc(C3CCNCC3)nc2c1.c1cnc2nc(C3CCNCC3)[nH]c2c1.c1ncc2[nH]c(C3CCNCC3)nc2n1. The van der Waals surface area contributed by atoms with Crippen molar-refractivity contribution in [3.05, 3.63) is 71.8 Å². The molecule has 45 heavy (non-hydrogen) atoms. The van der Waals surface area contributed by atoms with Crippen LogP contribution in [-0.2, 0) is 0 Å². The maximum Gasteiger partial charge on any atom is 0.180 e. The predicted molar refractivity (Wildman–Crippen MR) is 180 cm³/mol. The topological polar surface area (TPSA) is 145 Å². The number of thiazole rings is 1. The van der Waals surface area contributed by atoms with Gasteiger partial charge in [0.05, 0.1) is 26.9 Å². The van der Waals surface area contributed by atoms with Gasteiger partial charge in [0.15, 0.2) is 11.3 Å². The van der Waals surface area contributed by atoms with Crippen molar-refractivity contribution in [3.8, 4) is 0 Å². The van der Waals surface area contributed by atoms with E-state index in [0.29, 0.717) is 17.8 Å². The number of pyridine rings is 1. The molecule has 12 heteroatoms. The van der Waals surface area contributed by atoms with Crippen LogP contribution in [0, 0.1) is 0 Å². The van der Waals surface area contributed by atoms with Crippen LogP contribution in [0.5, 0.6) is 0 Å². The maximum atomic E-state index is 4.73. The van der Waals surface area contributed by atoms with E-state index < -0.39 is 0 Å². The zero-order valence-electron chi connectivity index (χ0n) is 25.5. The summed E-state index contributed by atoms with van der Waals surface area (Å²) in [4.78, 5) is 32.8. The van der Waals surface area contributed by atoms with E-state index in [0.717, 1.165) is 91.6 Å². The zero-order chi connectivity index (χ0) is 30.3. The molecule has 3 aliphatic rings. The average molecular weight is 624 g/mol. The van der Waals surface area contributed by atoms with Gasteiger partial charge in [-0.3, -0.25) is 0 Å². The number of benzene rings is 1. The number of piperidine rings is 3. The molecule has 0 amide bonds. The Balaban J connectivity index is 0.000000108. The van der Waals surface area contributed by atoms with E-state index in [4.69, 9.17) is 4.98 Å². The maximum absolute atomic E-state index is 4.73. The normalized spacial score (nSPS) is 18.4. The van der Waals surface area contributed by atoms with E-state index in [1.807, 2.05) is 23.5 Å². The van der Waals surface area contributed by atoms with Crippen molar-refractivity contribution in [2.24, 2.45) is 0 Å². The minimum absolute atomic E-state index is 0.542. The van der Waals surface area contributed by atoms with Crippen LogP contribution >= 0.6 is 11.3 Å². The molecule has 3 aliphatic heterocycles. The lowest BCUT2D eigenvalue weighted by molar-refractivity contribution is 0.448. The molecule has 5 aromatic heterocycles. The van der Waals surface area contributed by atoms with Gasteiger partial charge in [0, 0.05) is 24.0 Å². The summed E-state index contributed by atoms with van der Waals surface area (Å²) in [6, 6.07) is 12.4. The second-order valence-electron chi connectivity index (χ2n) is 12.0. The van der Waals surface area contributed by atoms with Crippen LogP contribution in [0.15, 0.2) is 55.1 Å². The predicted octanol–water partition coefficient (Wildman–Crippen LogP) is 5.01. The van der Waals surface area contributed by atoms with Crippen LogP contribution in [0.4, 0.5) is 0 Å². The molecule has 9 rings (SSSR count). The number of H-pyrrole nitrogens is 2. The number of para-hydroxylation sites is 1. The van der Waals surface area contributed by atoms with Crippen molar-refractivity contribution in [3.63, 3.8) is 0 Å². The molecule has 0 bridgehead atoms. The Bertz CT molecular complexity index is 1480. The van der Waals surface area contributed by atoms with Crippen LogP contribution in [0.2, 0.25) is 0 Å². The average Bonchev–Trinajstić information content (AvgIpc) is 3.87. The number of rotatable bonds is 3. The highest BCUT2D eigenvalue weighted by Crippen LogP contribution is 2.32. The number of imidazole rings is 2. The minimum atomic E-state index is 0.542. The van der Waals surface area contributed by atoms with Gasteiger partial charge in [0.2, 0.25) is 0 Å². The smallest absolute Gasteiger partial charge is 0.180 e. The van der Waals surface area contributed by atoms with Gasteiger partial charge < -0.3 is 25.9 Å². The summed E-state index contributed by atoms with van der Waals surface area (Å²) in [6.07, 6.45) is 12.2. The fourth-order valence-corrected chi connectivity index (χ4v) is 7.49. The Morgan fingerprint density at radius 3 is 1.82 bits per heavy atom. The summed E-state index contributed by atoms with van der Waals surface area (Å²) in [7, 11) is 0. The fraction of sp³-hybridized carbons (Fsp3) is 0.455. The zero-order valence-corrected chi connectivity index (χ0v) is 26.3. The van der Waals surface area contributed by atoms with E-state index in [2.05, 4.69) is 75.1 Å². The lowest BCUT2D eigenvalue weighted by Gasteiger charge is -2.20. The van der Waals surface area contributed by atoms with Crippen molar-refractivity contribution >= 4 is 43.9 Å². The van der Waals surface area contributed by atoms with Gasteiger partial charge in [-0.1, -0.05) is 12.1 Å². The van der Waals surface area contributed by atoms with Crippen LogP contribution in [0.3, 0.4) is 0 Å². The molecule has 0 aliphatic carbocycles. The first-order chi connectivity index (χ1) is 22.3. The molecule has 5 N–H and O–H groups in total. The number of nitrogens with zero attached hydrogens (tertiary/aromatic N) is 6.